The number of aromatic nitrogens is 3. The molecule has 9 aromatic rings. The van der Waals surface area contributed by atoms with Crippen molar-refractivity contribution in [1.82, 2.24) is 14.5 Å². The van der Waals surface area contributed by atoms with Crippen molar-refractivity contribution >= 4 is 66.4 Å². The number of nitrogens with zero attached hydrogens (tertiary/aromatic N) is 3. The van der Waals surface area contributed by atoms with Gasteiger partial charge >= 0.3 is 0 Å². The summed E-state index contributed by atoms with van der Waals surface area (Å²) in [6.07, 6.45) is 0. The molecule has 0 N–H and O–H groups in total. The summed E-state index contributed by atoms with van der Waals surface area (Å²) in [5.74, 6) is 0.695. The van der Waals surface area contributed by atoms with E-state index in [9.17, 15) is 0 Å². The molecule has 0 amide bonds. The molecule has 11 rings (SSSR count). The predicted molar refractivity (Wildman–Crippen MR) is 188 cm³/mol. The Morgan fingerprint density at radius 3 is 2.37 bits per heavy atom. The molecule has 216 valence electrons. The molecule has 3 aromatic heterocycles. The molecule has 0 unspecified atom stereocenters. The van der Waals surface area contributed by atoms with Gasteiger partial charge in [0, 0.05) is 53.3 Å². The fraction of sp³-hybridized carbons (Fsp3) is 0.0732. The smallest absolute Gasteiger partial charge is 0.235 e. The van der Waals surface area contributed by atoms with Gasteiger partial charge in [-0.1, -0.05) is 98.4 Å². The van der Waals surface area contributed by atoms with E-state index < -0.39 is 0 Å². The van der Waals surface area contributed by atoms with E-state index >= 15 is 0 Å². The Morgan fingerprint density at radius 1 is 0.630 bits per heavy atom. The van der Waals surface area contributed by atoms with Gasteiger partial charge in [0.15, 0.2) is 0 Å². The first-order valence-corrected chi connectivity index (χ1v) is 16.5. The monoisotopic (exact) mass is 607 g/mol. The average Bonchev–Trinajstić information content (AvgIpc) is 3.69. The summed E-state index contributed by atoms with van der Waals surface area (Å²) in [5.41, 5.74) is 12.1. The SMILES string of the molecule is CC1(C)c2cc3c(cc2-c2c1ccc1c2oc2ccccc21)c1ccccc1n3-c1nc2c3c(cccc3n1)Sc1ccccc1-2. The maximum absolute atomic E-state index is 6.60. The minimum Gasteiger partial charge on any atom is -0.455 e. The van der Waals surface area contributed by atoms with Crippen LogP contribution in [-0.4, -0.2) is 14.5 Å². The topological polar surface area (TPSA) is 43.9 Å². The lowest BCUT2D eigenvalue weighted by Gasteiger charge is -2.22. The van der Waals surface area contributed by atoms with Crippen LogP contribution in [0.25, 0.3) is 83.0 Å². The molecule has 1 aliphatic carbocycles. The molecule has 0 radical (unpaired) electrons. The van der Waals surface area contributed by atoms with Crippen molar-refractivity contribution in [2.45, 2.75) is 29.1 Å². The zero-order valence-corrected chi connectivity index (χ0v) is 25.9. The molecule has 0 saturated carbocycles. The molecule has 6 aromatic carbocycles. The van der Waals surface area contributed by atoms with Crippen LogP contribution in [0.2, 0.25) is 0 Å². The number of hydrogen-bond acceptors (Lipinski definition) is 4. The molecule has 0 atom stereocenters. The van der Waals surface area contributed by atoms with Gasteiger partial charge in [-0.3, -0.25) is 4.57 Å². The summed E-state index contributed by atoms with van der Waals surface area (Å²) in [6.45, 7) is 4.66. The number of furan rings is 1. The molecular formula is C41H25N3OS. The Kier molecular flexibility index (Phi) is 4.57. The molecule has 4 heterocycles. The van der Waals surface area contributed by atoms with Crippen molar-refractivity contribution in [1.29, 1.82) is 0 Å². The number of rotatable bonds is 1. The van der Waals surface area contributed by atoms with Crippen molar-refractivity contribution in [3.63, 3.8) is 0 Å². The highest BCUT2D eigenvalue weighted by Gasteiger charge is 2.39. The molecule has 2 aliphatic rings. The first kappa shape index (κ1) is 24.9. The molecular weight excluding hydrogens is 583 g/mol. The second-order valence-electron chi connectivity index (χ2n) is 13.0. The molecule has 4 nitrogen and oxygen atoms in total. The molecule has 0 fully saturated rings. The third-order valence-corrected chi connectivity index (χ3v) is 11.3. The Hall–Kier alpha value is -5.39. The summed E-state index contributed by atoms with van der Waals surface area (Å²) >= 11 is 1.80. The summed E-state index contributed by atoms with van der Waals surface area (Å²) < 4.78 is 8.87. The fourth-order valence-electron chi connectivity index (χ4n) is 8.07. The van der Waals surface area contributed by atoms with Gasteiger partial charge in [0.25, 0.3) is 0 Å². The highest BCUT2D eigenvalue weighted by molar-refractivity contribution is 7.99. The van der Waals surface area contributed by atoms with Gasteiger partial charge in [0.1, 0.15) is 11.2 Å². The van der Waals surface area contributed by atoms with Crippen LogP contribution in [0, 0.1) is 0 Å². The van der Waals surface area contributed by atoms with E-state index in [-0.39, 0.29) is 5.41 Å². The zero-order chi connectivity index (χ0) is 30.3. The zero-order valence-electron chi connectivity index (χ0n) is 25.1. The second-order valence-corrected chi connectivity index (χ2v) is 14.1. The molecule has 0 bridgehead atoms. The summed E-state index contributed by atoms with van der Waals surface area (Å²) in [6, 6.07) is 41.3. The van der Waals surface area contributed by atoms with Gasteiger partial charge in [-0.05, 0) is 59.2 Å². The summed E-state index contributed by atoms with van der Waals surface area (Å²) in [5, 5.41) is 5.82. The van der Waals surface area contributed by atoms with Crippen molar-refractivity contribution < 1.29 is 4.42 Å². The molecule has 0 spiro atoms. The van der Waals surface area contributed by atoms with E-state index in [4.69, 9.17) is 14.4 Å². The van der Waals surface area contributed by atoms with Crippen LogP contribution in [-0.2, 0) is 5.41 Å². The van der Waals surface area contributed by atoms with E-state index in [1.807, 2.05) is 6.07 Å². The van der Waals surface area contributed by atoms with Crippen molar-refractivity contribution in [2.75, 3.05) is 0 Å². The maximum atomic E-state index is 6.60. The maximum Gasteiger partial charge on any atom is 0.235 e. The first-order chi connectivity index (χ1) is 22.6. The van der Waals surface area contributed by atoms with Crippen molar-refractivity contribution in [3.8, 4) is 28.3 Å². The van der Waals surface area contributed by atoms with Gasteiger partial charge < -0.3 is 4.42 Å². The quantitative estimate of drug-likeness (QED) is 0.186. The van der Waals surface area contributed by atoms with E-state index in [1.54, 1.807) is 11.8 Å². The fourth-order valence-corrected chi connectivity index (χ4v) is 9.17. The normalized spacial score (nSPS) is 14.4. The van der Waals surface area contributed by atoms with E-state index in [0.717, 1.165) is 55.1 Å². The molecule has 46 heavy (non-hydrogen) atoms. The molecule has 5 heteroatoms. The van der Waals surface area contributed by atoms with Crippen molar-refractivity contribution in [2.24, 2.45) is 0 Å². The van der Waals surface area contributed by atoms with Crippen LogP contribution in [0.4, 0.5) is 0 Å². The average molecular weight is 608 g/mol. The van der Waals surface area contributed by atoms with Crippen LogP contribution in [0.3, 0.4) is 0 Å². The van der Waals surface area contributed by atoms with E-state index in [2.05, 4.69) is 128 Å². The van der Waals surface area contributed by atoms with Gasteiger partial charge in [-0.15, -0.1) is 0 Å². The minimum absolute atomic E-state index is 0.214. The van der Waals surface area contributed by atoms with Crippen molar-refractivity contribution in [3.05, 3.63) is 126 Å². The van der Waals surface area contributed by atoms with E-state index in [1.165, 1.54) is 42.8 Å². The Labute approximate surface area is 268 Å². The highest BCUT2D eigenvalue weighted by Crippen LogP contribution is 2.54. The molecule has 1 aliphatic heterocycles. The minimum atomic E-state index is -0.214. The Balaban J connectivity index is 1.24. The lowest BCUT2D eigenvalue weighted by molar-refractivity contribution is 0.653. The second kappa shape index (κ2) is 8.45. The van der Waals surface area contributed by atoms with Crippen LogP contribution in [0.15, 0.2) is 129 Å². The van der Waals surface area contributed by atoms with E-state index in [0.29, 0.717) is 5.95 Å². The van der Waals surface area contributed by atoms with Gasteiger partial charge in [0.2, 0.25) is 5.95 Å². The third-order valence-electron chi connectivity index (χ3n) is 10.2. The number of hydrogen-bond donors (Lipinski definition) is 0. The largest absolute Gasteiger partial charge is 0.455 e. The third kappa shape index (κ3) is 3.01. The van der Waals surface area contributed by atoms with Gasteiger partial charge in [-0.2, -0.15) is 0 Å². The first-order valence-electron chi connectivity index (χ1n) is 15.7. The number of para-hydroxylation sites is 2. The Bertz CT molecular complexity index is 2820. The van der Waals surface area contributed by atoms with Gasteiger partial charge in [0.05, 0.1) is 22.2 Å². The molecule has 0 saturated heterocycles. The summed E-state index contributed by atoms with van der Waals surface area (Å²) in [7, 11) is 0. The van der Waals surface area contributed by atoms with Crippen LogP contribution >= 0.6 is 11.8 Å². The van der Waals surface area contributed by atoms with Gasteiger partial charge in [-0.25, -0.2) is 9.97 Å². The number of fused-ring (bicyclic) bond motifs is 12. The Morgan fingerprint density at radius 2 is 1.43 bits per heavy atom. The van der Waals surface area contributed by atoms with Crippen LogP contribution < -0.4 is 0 Å². The summed E-state index contributed by atoms with van der Waals surface area (Å²) in [4.78, 5) is 13.1. The van der Waals surface area contributed by atoms with Crippen LogP contribution in [0.5, 0.6) is 0 Å². The number of benzene rings is 6. The standard InChI is InChI=1S/C41H25N3OS/c1-41(2)28-19-18-24-23-11-4-7-15-33(23)45-39(24)36(28)27-20-26-22-10-3-6-14-31(22)44(32(26)21-29(27)41)40-42-30-13-9-17-35-37(30)38(43-40)25-12-5-8-16-34(25)46-35/h3-21H,1-2H3. The van der Waals surface area contributed by atoms with Crippen LogP contribution in [0.1, 0.15) is 25.0 Å². The lowest BCUT2D eigenvalue weighted by atomic mass is 9.82. The predicted octanol–water partition coefficient (Wildman–Crippen LogP) is 11.1. The highest BCUT2D eigenvalue weighted by atomic mass is 32.2. The lowest BCUT2D eigenvalue weighted by Crippen LogP contribution is -2.15.